The second kappa shape index (κ2) is 7.18. The molecule has 1 aliphatic rings. The highest BCUT2D eigenvalue weighted by atomic mass is 32.1. The van der Waals surface area contributed by atoms with Crippen LogP contribution in [0.15, 0.2) is 36.9 Å². The van der Waals surface area contributed by atoms with E-state index in [2.05, 4.69) is 21.0 Å². The van der Waals surface area contributed by atoms with Gasteiger partial charge in [-0.25, -0.2) is 9.97 Å². The number of hydrogen-bond acceptors (Lipinski definition) is 6. The van der Waals surface area contributed by atoms with Crippen molar-refractivity contribution in [1.29, 1.82) is 0 Å². The molecule has 0 spiro atoms. The molecule has 1 aliphatic heterocycles. The van der Waals surface area contributed by atoms with Gasteiger partial charge in [0.2, 0.25) is 5.91 Å². The van der Waals surface area contributed by atoms with Gasteiger partial charge in [-0.1, -0.05) is 23.5 Å². The van der Waals surface area contributed by atoms with E-state index in [9.17, 15) is 4.79 Å². The fraction of sp³-hybridized carbons (Fsp3) is 0.412. The third-order valence-corrected chi connectivity index (χ3v) is 5.53. The molecule has 8 heteroatoms. The van der Waals surface area contributed by atoms with Crippen LogP contribution in [-0.4, -0.2) is 56.7 Å². The average molecular weight is 356 g/mol. The Hall–Kier alpha value is -2.48. The Labute approximate surface area is 149 Å². The van der Waals surface area contributed by atoms with Gasteiger partial charge in [0.25, 0.3) is 0 Å². The van der Waals surface area contributed by atoms with Crippen molar-refractivity contribution in [2.45, 2.75) is 19.4 Å². The van der Waals surface area contributed by atoms with Crippen LogP contribution < -0.4 is 4.90 Å². The van der Waals surface area contributed by atoms with E-state index in [0.717, 1.165) is 49.8 Å². The minimum Gasteiger partial charge on any atom is -0.345 e. The summed E-state index contributed by atoms with van der Waals surface area (Å²) in [7, 11) is 0. The topological polar surface area (TPSA) is 67.2 Å². The number of rotatable bonds is 5. The number of aromatic nitrogens is 4. The maximum absolute atomic E-state index is 12.4. The average Bonchev–Trinajstić information content (AvgIpc) is 3.31. The summed E-state index contributed by atoms with van der Waals surface area (Å²) < 4.78 is 2.97. The third kappa shape index (κ3) is 3.63. The van der Waals surface area contributed by atoms with Crippen LogP contribution in [0.1, 0.15) is 12.8 Å². The van der Waals surface area contributed by atoms with Gasteiger partial charge in [0.05, 0.1) is 10.2 Å². The van der Waals surface area contributed by atoms with E-state index in [0.29, 0.717) is 6.42 Å². The number of piperazine rings is 1. The quantitative estimate of drug-likeness (QED) is 0.700. The number of nitrogens with zero attached hydrogens (tertiary/aromatic N) is 6. The zero-order chi connectivity index (χ0) is 17.1. The molecule has 7 nitrogen and oxygen atoms in total. The van der Waals surface area contributed by atoms with Crippen molar-refractivity contribution in [1.82, 2.24) is 24.6 Å². The summed E-state index contributed by atoms with van der Waals surface area (Å²) in [5, 5.41) is 5.11. The molecule has 130 valence electrons. The van der Waals surface area contributed by atoms with Gasteiger partial charge in [-0.05, 0) is 18.6 Å². The molecule has 4 rings (SSSR count). The van der Waals surface area contributed by atoms with Crippen LogP contribution >= 0.6 is 11.3 Å². The fourth-order valence-corrected chi connectivity index (χ4v) is 4.06. The fourth-order valence-electron chi connectivity index (χ4n) is 3.04. The van der Waals surface area contributed by atoms with Crippen molar-refractivity contribution in [3.05, 3.63) is 36.9 Å². The van der Waals surface area contributed by atoms with Crippen LogP contribution in [0, 0.1) is 0 Å². The molecule has 1 amide bonds. The van der Waals surface area contributed by atoms with Crippen molar-refractivity contribution < 1.29 is 4.79 Å². The summed E-state index contributed by atoms with van der Waals surface area (Å²) >= 11 is 1.72. The monoisotopic (exact) mass is 356 g/mol. The van der Waals surface area contributed by atoms with E-state index in [1.54, 1.807) is 22.3 Å². The minimum atomic E-state index is 0.226. The number of aryl methyl sites for hydroxylation is 1. The molecule has 0 radical (unpaired) electrons. The lowest BCUT2D eigenvalue weighted by Gasteiger charge is -2.34. The third-order valence-electron chi connectivity index (χ3n) is 4.43. The van der Waals surface area contributed by atoms with Crippen LogP contribution in [0.5, 0.6) is 0 Å². The molecule has 2 aromatic heterocycles. The van der Waals surface area contributed by atoms with Gasteiger partial charge in [-0.15, -0.1) is 0 Å². The number of amides is 1. The molecular formula is C17H20N6OS. The van der Waals surface area contributed by atoms with Gasteiger partial charge in [0, 0.05) is 39.1 Å². The molecule has 0 saturated carbocycles. The Bertz CT molecular complexity index is 805. The normalized spacial score (nSPS) is 15.0. The molecule has 1 fully saturated rings. The molecular weight excluding hydrogens is 336 g/mol. The molecule has 0 bridgehead atoms. The number of anilines is 1. The van der Waals surface area contributed by atoms with Crippen LogP contribution in [0.25, 0.3) is 10.2 Å². The van der Waals surface area contributed by atoms with Crippen LogP contribution in [0.4, 0.5) is 5.13 Å². The van der Waals surface area contributed by atoms with E-state index in [1.807, 2.05) is 23.1 Å². The smallest absolute Gasteiger partial charge is 0.222 e. The van der Waals surface area contributed by atoms with Crippen LogP contribution in [0.3, 0.4) is 0 Å². The maximum atomic E-state index is 12.4. The number of carbonyl (C=O) groups excluding carboxylic acids is 1. The summed E-state index contributed by atoms with van der Waals surface area (Å²) in [6, 6.07) is 8.21. The highest BCUT2D eigenvalue weighted by molar-refractivity contribution is 7.22. The lowest BCUT2D eigenvalue weighted by Crippen LogP contribution is -2.48. The molecule has 0 aliphatic carbocycles. The Morgan fingerprint density at radius 3 is 2.76 bits per heavy atom. The summed E-state index contributed by atoms with van der Waals surface area (Å²) in [4.78, 5) is 25.2. The van der Waals surface area contributed by atoms with Crippen molar-refractivity contribution in [3.8, 4) is 0 Å². The first-order valence-corrected chi connectivity index (χ1v) is 9.32. The zero-order valence-corrected chi connectivity index (χ0v) is 14.7. The van der Waals surface area contributed by atoms with E-state index >= 15 is 0 Å². The number of thiazole rings is 1. The highest BCUT2D eigenvalue weighted by Crippen LogP contribution is 2.29. The standard InChI is InChI=1S/C17H20N6OS/c24-16(6-3-7-23-13-18-12-19-23)21-8-10-22(11-9-21)17-20-14-4-1-2-5-15(14)25-17/h1-2,4-5,12-13H,3,6-11H2. The number of para-hydroxylation sites is 1. The Morgan fingerprint density at radius 1 is 1.16 bits per heavy atom. The zero-order valence-electron chi connectivity index (χ0n) is 13.9. The Kier molecular flexibility index (Phi) is 4.60. The van der Waals surface area contributed by atoms with Crippen LogP contribution in [-0.2, 0) is 11.3 Å². The lowest BCUT2D eigenvalue weighted by molar-refractivity contribution is -0.131. The van der Waals surface area contributed by atoms with Crippen molar-refractivity contribution in [2.24, 2.45) is 0 Å². The Morgan fingerprint density at radius 2 is 2.00 bits per heavy atom. The number of fused-ring (bicyclic) bond motifs is 1. The molecule has 1 aromatic carbocycles. The highest BCUT2D eigenvalue weighted by Gasteiger charge is 2.22. The van der Waals surface area contributed by atoms with E-state index in [-0.39, 0.29) is 5.91 Å². The second-order valence-corrected chi connectivity index (χ2v) is 7.10. The van der Waals surface area contributed by atoms with Gasteiger partial charge >= 0.3 is 0 Å². The molecule has 25 heavy (non-hydrogen) atoms. The van der Waals surface area contributed by atoms with Gasteiger partial charge in [0.15, 0.2) is 5.13 Å². The summed E-state index contributed by atoms with van der Waals surface area (Å²) in [5.41, 5.74) is 1.05. The lowest BCUT2D eigenvalue weighted by atomic mass is 10.2. The second-order valence-electron chi connectivity index (χ2n) is 6.09. The summed E-state index contributed by atoms with van der Waals surface area (Å²) in [6.45, 7) is 3.94. The predicted molar refractivity (Wildman–Crippen MR) is 97.7 cm³/mol. The maximum Gasteiger partial charge on any atom is 0.222 e. The predicted octanol–water partition coefficient (Wildman–Crippen LogP) is 2.02. The minimum absolute atomic E-state index is 0.226. The van der Waals surface area contributed by atoms with Gasteiger partial charge < -0.3 is 9.80 Å². The number of hydrogen-bond donors (Lipinski definition) is 0. The number of carbonyl (C=O) groups is 1. The summed E-state index contributed by atoms with van der Waals surface area (Å²) in [5.74, 6) is 0.226. The summed E-state index contributed by atoms with van der Waals surface area (Å²) in [6.07, 6.45) is 4.55. The Balaban J connectivity index is 1.28. The van der Waals surface area contributed by atoms with Crippen LogP contribution in [0.2, 0.25) is 0 Å². The molecule has 0 N–H and O–H groups in total. The van der Waals surface area contributed by atoms with Gasteiger partial charge in [-0.2, -0.15) is 5.10 Å². The first-order chi connectivity index (χ1) is 12.3. The van der Waals surface area contributed by atoms with Crippen molar-refractivity contribution in [2.75, 3.05) is 31.1 Å². The van der Waals surface area contributed by atoms with Gasteiger partial charge in [-0.3, -0.25) is 9.48 Å². The SMILES string of the molecule is O=C(CCCn1cncn1)N1CCN(c2nc3ccccc3s2)CC1. The largest absolute Gasteiger partial charge is 0.345 e. The first kappa shape index (κ1) is 16.0. The van der Waals surface area contributed by atoms with E-state index < -0.39 is 0 Å². The van der Waals surface area contributed by atoms with E-state index in [4.69, 9.17) is 4.98 Å². The molecule has 3 aromatic rings. The molecule has 0 atom stereocenters. The molecule has 3 heterocycles. The van der Waals surface area contributed by atoms with Crippen molar-refractivity contribution >= 4 is 32.6 Å². The first-order valence-electron chi connectivity index (χ1n) is 8.50. The van der Waals surface area contributed by atoms with E-state index in [1.165, 1.54) is 11.0 Å². The molecule has 1 saturated heterocycles. The molecule has 0 unspecified atom stereocenters. The van der Waals surface area contributed by atoms with Gasteiger partial charge in [0.1, 0.15) is 12.7 Å². The number of benzene rings is 1. The van der Waals surface area contributed by atoms with Crippen molar-refractivity contribution in [3.63, 3.8) is 0 Å².